The first-order valence-corrected chi connectivity index (χ1v) is 16.9. The first-order chi connectivity index (χ1) is 21.8. The molecule has 238 valence electrons. The van der Waals surface area contributed by atoms with E-state index in [1.165, 1.54) is 0 Å². The molecule has 2 N–H and O–H groups in total. The van der Waals surface area contributed by atoms with E-state index in [2.05, 4.69) is 9.97 Å². The molecular weight excluding hydrogens is 605 g/mol. The van der Waals surface area contributed by atoms with Gasteiger partial charge in [-0.3, -0.25) is 19.6 Å². The predicted octanol–water partition coefficient (Wildman–Crippen LogP) is 7.03. The summed E-state index contributed by atoms with van der Waals surface area (Å²) in [5.74, 6) is 2.67. The van der Waals surface area contributed by atoms with Gasteiger partial charge in [0.05, 0.1) is 0 Å². The van der Waals surface area contributed by atoms with Crippen molar-refractivity contribution in [2.75, 3.05) is 25.1 Å². The second-order valence-corrected chi connectivity index (χ2v) is 12.6. The van der Waals surface area contributed by atoms with E-state index in [9.17, 15) is 19.8 Å². The van der Waals surface area contributed by atoms with Crippen LogP contribution in [0.15, 0.2) is 107 Å². The number of thioether (sulfide) groups is 2. The third kappa shape index (κ3) is 14.1. The average Bonchev–Trinajstić information content (AvgIpc) is 3.06. The van der Waals surface area contributed by atoms with Gasteiger partial charge in [0.15, 0.2) is 0 Å². The Morgan fingerprint density at radius 3 is 1.76 bits per heavy atom. The number of rotatable bonds is 15. The largest absolute Gasteiger partial charge is 0.508 e. The molecule has 8 nitrogen and oxygen atoms in total. The average molecular weight is 647 g/mol. The Hall–Kier alpha value is -4.02. The van der Waals surface area contributed by atoms with Gasteiger partial charge in [-0.05, 0) is 109 Å². The molecule has 10 heteroatoms. The van der Waals surface area contributed by atoms with Crippen LogP contribution < -0.4 is 0 Å². The number of pyridine rings is 2. The van der Waals surface area contributed by atoms with Gasteiger partial charge in [0.2, 0.25) is 11.8 Å². The van der Waals surface area contributed by atoms with Crippen LogP contribution in [0.4, 0.5) is 0 Å². The molecule has 0 aliphatic heterocycles. The maximum absolute atomic E-state index is 12.3. The lowest BCUT2D eigenvalue weighted by atomic mass is 10.2. The predicted molar refractivity (Wildman–Crippen MR) is 182 cm³/mol. The van der Waals surface area contributed by atoms with Gasteiger partial charge < -0.3 is 20.0 Å². The van der Waals surface area contributed by atoms with Gasteiger partial charge in [0, 0.05) is 74.1 Å². The van der Waals surface area contributed by atoms with Gasteiger partial charge in [-0.15, -0.1) is 23.5 Å². The highest BCUT2D eigenvalue weighted by molar-refractivity contribution is 7.99. The van der Waals surface area contributed by atoms with Crippen molar-refractivity contribution in [2.24, 2.45) is 0 Å². The number of nitrogens with zero attached hydrogens (tertiary/aromatic N) is 4. The first kappa shape index (κ1) is 35.5. The number of hydrogen-bond donors (Lipinski definition) is 2. The SMILES string of the molecule is CCN(Cc1ccncc1)C(=O)CCCSc1ccc(O)cc1.CN(Cc1cccnc1)C(=O)CCCSc1ccc(O)cc1. The molecule has 0 aliphatic rings. The summed E-state index contributed by atoms with van der Waals surface area (Å²) in [7, 11) is 1.82. The lowest BCUT2D eigenvalue weighted by Crippen LogP contribution is -2.30. The third-order valence-electron chi connectivity index (χ3n) is 6.71. The summed E-state index contributed by atoms with van der Waals surface area (Å²) < 4.78 is 0. The van der Waals surface area contributed by atoms with E-state index in [-0.39, 0.29) is 23.3 Å². The quantitative estimate of drug-likeness (QED) is 0.105. The second-order valence-electron chi connectivity index (χ2n) is 10.3. The molecular formula is C35H42N4O4S2. The van der Waals surface area contributed by atoms with E-state index in [0.29, 0.717) is 32.5 Å². The zero-order valence-corrected chi connectivity index (χ0v) is 27.6. The van der Waals surface area contributed by atoms with Crippen LogP contribution >= 0.6 is 23.5 Å². The van der Waals surface area contributed by atoms with Crippen LogP contribution in [0.25, 0.3) is 0 Å². The van der Waals surface area contributed by atoms with E-state index >= 15 is 0 Å². The zero-order valence-electron chi connectivity index (χ0n) is 25.9. The van der Waals surface area contributed by atoms with E-state index in [4.69, 9.17) is 0 Å². The first-order valence-electron chi connectivity index (χ1n) is 15.0. The molecule has 0 aliphatic carbocycles. The van der Waals surface area contributed by atoms with Gasteiger partial charge in [0.1, 0.15) is 11.5 Å². The van der Waals surface area contributed by atoms with Crippen LogP contribution in [0.3, 0.4) is 0 Å². The third-order valence-corrected chi connectivity index (χ3v) is 8.90. The molecule has 0 atom stereocenters. The molecule has 4 aromatic rings. The molecule has 2 aromatic carbocycles. The molecule has 0 bridgehead atoms. The topological polar surface area (TPSA) is 107 Å². The lowest BCUT2D eigenvalue weighted by Gasteiger charge is -2.21. The Balaban J connectivity index is 0.000000246. The van der Waals surface area contributed by atoms with Crippen molar-refractivity contribution in [3.63, 3.8) is 0 Å². The molecule has 45 heavy (non-hydrogen) atoms. The van der Waals surface area contributed by atoms with Crippen LogP contribution in [0, 0.1) is 0 Å². The monoisotopic (exact) mass is 646 g/mol. The molecule has 4 rings (SSSR count). The van der Waals surface area contributed by atoms with Crippen LogP contribution in [0.1, 0.15) is 43.7 Å². The summed E-state index contributed by atoms with van der Waals surface area (Å²) in [4.78, 5) is 38.2. The number of hydrogen-bond acceptors (Lipinski definition) is 8. The van der Waals surface area contributed by atoms with Crippen LogP contribution in [0.5, 0.6) is 11.5 Å². The number of carbonyl (C=O) groups excluding carboxylic acids is 2. The van der Waals surface area contributed by atoms with Crippen molar-refractivity contribution in [1.29, 1.82) is 0 Å². The molecule has 2 amide bonds. The molecule has 0 radical (unpaired) electrons. The molecule has 0 saturated carbocycles. The van der Waals surface area contributed by atoms with Gasteiger partial charge in [-0.2, -0.15) is 0 Å². The van der Waals surface area contributed by atoms with Crippen molar-refractivity contribution >= 4 is 35.3 Å². The van der Waals surface area contributed by atoms with E-state index < -0.39 is 0 Å². The number of phenols is 2. The summed E-state index contributed by atoms with van der Waals surface area (Å²) in [5.41, 5.74) is 2.14. The molecule has 2 heterocycles. The summed E-state index contributed by atoms with van der Waals surface area (Å²) >= 11 is 3.40. The Morgan fingerprint density at radius 2 is 1.24 bits per heavy atom. The van der Waals surface area contributed by atoms with Crippen LogP contribution in [0.2, 0.25) is 0 Å². The molecule has 0 saturated heterocycles. The fourth-order valence-corrected chi connectivity index (χ4v) is 5.90. The van der Waals surface area contributed by atoms with E-state index in [0.717, 1.165) is 45.3 Å². The maximum Gasteiger partial charge on any atom is 0.222 e. The Bertz CT molecular complexity index is 1410. The molecule has 0 fully saturated rings. The Morgan fingerprint density at radius 1 is 0.689 bits per heavy atom. The fourth-order valence-electron chi connectivity index (χ4n) is 4.20. The van der Waals surface area contributed by atoms with Gasteiger partial charge in [-0.1, -0.05) is 6.07 Å². The summed E-state index contributed by atoms with van der Waals surface area (Å²) in [5, 5.41) is 18.5. The van der Waals surface area contributed by atoms with Crippen molar-refractivity contribution in [3.8, 4) is 11.5 Å². The number of phenolic OH excluding ortho intramolecular Hbond substituents is 2. The summed E-state index contributed by atoms with van der Waals surface area (Å²) in [6, 6.07) is 22.0. The van der Waals surface area contributed by atoms with Gasteiger partial charge >= 0.3 is 0 Å². The fraction of sp³-hybridized carbons (Fsp3) is 0.314. The molecule has 0 unspecified atom stereocenters. The van der Waals surface area contributed by atoms with Crippen molar-refractivity contribution in [3.05, 3.63) is 109 Å². The number of aromatic nitrogens is 2. The number of benzene rings is 2. The highest BCUT2D eigenvalue weighted by Gasteiger charge is 2.12. The van der Waals surface area contributed by atoms with Gasteiger partial charge in [0.25, 0.3) is 0 Å². The lowest BCUT2D eigenvalue weighted by molar-refractivity contribution is -0.132. The highest BCUT2D eigenvalue weighted by Crippen LogP contribution is 2.23. The van der Waals surface area contributed by atoms with Gasteiger partial charge in [-0.25, -0.2) is 0 Å². The summed E-state index contributed by atoms with van der Waals surface area (Å²) in [6.45, 7) is 3.96. The Kier molecular flexibility index (Phi) is 15.8. The smallest absolute Gasteiger partial charge is 0.222 e. The number of carbonyl (C=O) groups is 2. The second kappa shape index (κ2) is 20.1. The maximum atomic E-state index is 12.3. The minimum absolute atomic E-state index is 0.148. The van der Waals surface area contributed by atoms with Crippen molar-refractivity contribution in [2.45, 2.75) is 55.5 Å². The minimum atomic E-state index is 0.148. The highest BCUT2D eigenvalue weighted by atomic mass is 32.2. The van der Waals surface area contributed by atoms with Crippen LogP contribution in [-0.2, 0) is 22.7 Å². The Labute approximate surface area is 274 Å². The van der Waals surface area contributed by atoms with Crippen molar-refractivity contribution in [1.82, 2.24) is 19.8 Å². The number of amides is 2. The van der Waals surface area contributed by atoms with Crippen molar-refractivity contribution < 1.29 is 19.8 Å². The molecule has 2 aromatic heterocycles. The summed E-state index contributed by atoms with van der Waals surface area (Å²) in [6.07, 6.45) is 9.80. The zero-order chi connectivity index (χ0) is 32.3. The van der Waals surface area contributed by atoms with E-state index in [1.54, 1.807) is 77.5 Å². The number of aromatic hydroxyl groups is 2. The normalized spacial score (nSPS) is 10.4. The van der Waals surface area contributed by atoms with E-state index in [1.807, 2.05) is 67.4 Å². The minimum Gasteiger partial charge on any atom is -0.508 e. The van der Waals surface area contributed by atoms with Crippen LogP contribution in [-0.4, -0.2) is 66.9 Å². The molecule has 0 spiro atoms. The standard InChI is InChI=1S/C18H22N2O2S.C17H20N2O2S/c1-2-20(14-15-9-11-19-12-10-15)18(22)4-3-13-23-17-7-5-16(21)6-8-17;1-19(13-14-4-2-10-18-12-14)17(21)5-3-11-22-16-8-6-15(20)7-9-16/h5-12,21H,2-4,13-14H2,1H3;2,4,6-10,12,20H,3,5,11,13H2,1H3.